The predicted octanol–water partition coefficient (Wildman–Crippen LogP) is 2.96. The van der Waals surface area contributed by atoms with Gasteiger partial charge >= 0.3 is 0 Å². The van der Waals surface area contributed by atoms with Crippen LogP contribution in [-0.2, 0) is 4.79 Å². The molecule has 4 heteroatoms. The molecule has 0 bridgehead atoms. The zero-order chi connectivity index (χ0) is 13.8. The van der Waals surface area contributed by atoms with E-state index in [1.807, 2.05) is 6.07 Å². The number of hydrogen-bond donors (Lipinski definition) is 1. The summed E-state index contributed by atoms with van der Waals surface area (Å²) in [5.74, 6) is 0.727. The van der Waals surface area contributed by atoms with Crippen LogP contribution in [0.15, 0.2) is 18.3 Å². The van der Waals surface area contributed by atoms with Crippen LogP contribution < -0.4 is 5.32 Å². The molecule has 0 saturated heterocycles. The zero-order valence-electron chi connectivity index (χ0n) is 11.3. The van der Waals surface area contributed by atoms with Gasteiger partial charge in [0.05, 0.1) is 5.56 Å². The highest BCUT2D eigenvalue weighted by Crippen LogP contribution is 2.28. The van der Waals surface area contributed by atoms with Gasteiger partial charge in [-0.05, 0) is 23.5 Å². The summed E-state index contributed by atoms with van der Waals surface area (Å²) in [6.45, 7) is 8.41. The van der Waals surface area contributed by atoms with E-state index in [-0.39, 0.29) is 17.2 Å². The average molecular weight is 245 g/mol. The highest BCUT2D eigenvalue weighted by molar-refractivity contribution is 5.89. The van der Waals surface area contributed by atoms with Crippen molar-refractivity contribution >= 4 is 11.7 Å². The van der Waals surface area contributed by atoms with Gasteiger partial charge in [0, 0.05) is 12.6 Å². The summed E-state index contributed by atoms with van der Waals surface area (Å²) in [5, 5.41) is 11.4. The van der Waals surface area contributed by atoms with Gasteiger partial charge in [0.1, 0.15) is 11.9 Å². The first-order valence-corrected chi connectivity index (χ1v) is 5.99. The Bertz CT molecular complexity index is 451. The third-order valence-corrected chi connectivity index (χ3v) is 3.13. The molecule has 0 fully saturated rings. The van der Waals surface area contributed by atoms with Gasteiger partial charge in [-0.2, -0.15) is 5.26 Å². The summed E-state index contributed by atoms with van der Waals surface area (Å²) in [7, 11) is 0. The van der Waals surface area contributed by atoms with E-state index in [9.17, 15) is 4.79 Å². The molecule has 96 valence electrons. The molecule has 1 unspecified atom stereocenters. The fraction of sp³-hybridized carbons (Fsp3) is 0.500. The van der Waals surface area contributed by atoms with Crippen molar-refractivity contribution in [3.63, 3.8) is 0 Å². The van der Waals surface area contributed by atoms with Gasteiger partial charge in [-0.15, -0.1) is 0 Å². The maximum atomic E-state index is 11.8. The molecule has 1 aromatic rings. The van der Waals surface area contributed by atoms with Crippen LogP contribution in [-0.4, -0.2) is 10.9 Å². The Morgan fingerprint density at radius 2 is 2.17 bits per heavy atom. The Balaban J connectivity index is 2.57. The highest BCUT2D eigenvalue weighted by atomic mass is 16.1. The van der Waals surface area contributed by atoms with Crippen LogP contribution >= 0.6 is 0 Å². The van der Waals surface area contributed by atoms with Crippen LogP contribution in [0.1, 0.15) is 39.7 Å². The molecule has 1 amide bonds. The SMILES string of the molecule is CC(CC(=O)Nc1ccc(C#N)cn1)C(C)(C)C. The number of pyridine rings is 1. The Morgan fingerprint density at radius 3 is 2.61 bits per heavy atom. The van der Waals surface area contributed by atoms with Crippen LogP contribution in [0, 0.1) is 22.7 Å². The molecule has 1 aromatic heterocycles. The quantitative estimate of drug-likeness (QED) is 0.890. The zero-order valence-corrected chi connectivity index (χ0v) is 11.3. The molecular formula is C14H19N3O. The Morgan fingerprint density at radius 1 is 1.50 bits per heavy atom. The second kappa shape index (κ2) is 5.63. The minimum atomic E-state index is -0.0466. The predicted molar refractivity (Wildman–Crippen MR) is 70.8 cm³/mol. The average Bonchev–Trinajstić information content (AvgIpc) is 2.28. The number of nitrogens with zero attached hydrogens (tertiary/aromatic N) is 2. The molecule has 1 heterocycles. The van der Waals surface area contributed by atoms with Crippen molar-refractivity contribution in [2.45, 2.75) is 34.1 Å². The summed E-state index contributed by atoms with van der Waals surface area (Å²) < 4.78 is 0. The number of nitrogens with one attached hydrogen (secondary N) is 1. The van der Waals surface area contributed by atoms with E-state index < -0.39 is 0 Å². The number of aromatic nitrogens is 1. The van der Waals surface area contributed by atoms with Crippen molar-refractivity contribution in [1.29, 1.82) is 5.26 Å². The van der Waals surface area contributed by atoms with Gasteiger partial charge in [-0.3, -0.25) is 4.79 Å². The van der Waals surface area contributed by atoms with Gasteiger partial charge < -0.3 is 5.32 Å². The fourth-order valence-corrected chi connectivity index (χ4v) is 1.31. The molecule has 0 aliphatic rings. The highest BCUT2D eigenvalue weighted by Gasteiger charge is 2.22. The lowest BCUT2D eigenvalue weighted by atomic mass is 9.80. The number of anilines is 1. The Labute approximate surface area is 108 Å². The summed E-state index contributed by atoms with van der Waals surface area (Å²) in [4.78, 5) is 15.8. The van der Waals surface area contributed by atoms with Gasteiger partial charge in [-0.1, -0.05) is 27.7 Å². The largest absolute Gasteiger partial charge is 0.311 e. The smallest absolute Gasteiger partial charge is 0.225 e. The number of amides is 1. The van der Waals surface area contributed by atoms with Gasteiger partial charge in [0.15, 0.2) is 0 Å². The van der Waals surface area contributed by atoms with Crippen molar-refractivity contribution in [3.8, 4) is 6.07 Å². The van der Waals surface area contributed by atoms with Crippen molar-refractivity contribution in [2.75, 3.05) is 5.32 Å². The van der Waals surface area contributed by atoms with E-state index in [4.69, 9.17) is 5.26 Å². The van der Waals surface area contributed by atoms with Crippen molar-refractivity contribution in [3.05, 3.63) is 23.9 Å². The first-order valence-electron chi connectivity index (χ1n) is 5.99. The molecule has 0 aliphatic heterocycles. The summed E-state index contributed by atoms with van der Waals surface area (Å²) in [6.07, 6.45) is 1.91. The van der Waals surface area contributed by atoms with E-state index in [0.29, 0.717) is 17.8 Å². The minimum Gasteiger partial charge on any atom is -0.311 e. The van der Waals surface area contributed by atoms with Gasteiger partial charge in [0.25, 0.3) is 0 Å². The van der Waals surface area contributed by atoms with Gasteiger partial charge in [-0.25, -0.2) is 4.98 Å². The monoisotopic (exact) mass is 245 g/mol. The maximum Gasteiger partial charge on any atom is 0.225 e. The molecular weight excluding hydrogens is 226 g/mol. The maximum absolute atomic E-state index is 11.8. The third-order valence-electron chi connectivity index (χ3n) is 3.13. The molecule has 0 aromatic carbocycles. The molecule has 0 radical (unpaired) electrons. The molecule has 0 aliphatic carbocycles. The van der Waals surface area contributed by atoms with Crippen molar-refractivity contribution in [2.24, 2.45) is 11.3 Å². The summed E-state index contributed by atoms with van der Waals surface area (Å²) in [6, 6.07) is 5.26. The lowest BCUT2D eigenvalue weighted by molar-refractivity contribution is -0.117. The molecule has 1 N–H and O–H groups in total. The molecule has 0 spiro atoms. The summed E-state index contributed by atoms with van der Waals surface area (Å²) in [5.41, 5.74) is 0.589. The normalized spacial score (nSPS) is 12.6. The second-order valence-electron chi connectivity index (χ2n) is 5.56. The number of rotatable bonds is 3. The van der Waals surface area contributed by atoms with E-state index >= 15 is 0 Å². The van der Waals surface area contributed by atoms with E-state index in [0.717, 1.165) is 0 Å². The molecule has 1 rings (SSSR count). The van der Waals surface area contributed by atoms with Crippen molar-refractivity contribution in [1.82, 2.24) is 4.98 Å². The van der Waals surface area contributed by atoms with Crippen LogP contribution in [0.5, 0.6) is 0 Å². The number of carbonyl (C=O) groups is 1. The topological polar surface area (TPSA) is 65.8 Å². The summed E-state index contributed by atoms with van der Waals surface area (Å²) >= 11 is 0. The van der Waals surface area contributed by atoms with Crippen LogP contribution in [0.25, 0.3) is 0 Å². The van der Waals surface area contributed by atoms with Crippen LogP contribution in [0.3, 0.4) is 0 Å². The minimum absolute atomic E-state index is 0.0466. The number of hydrogen-bond acceptors (Lipinski definition) is 3. The van der Waals surface area contributed by atoms with E-state index in [1.54, 1.807) is 12.1 Å². The van der Waals surface area contributed by atoms with Crippen molar-refractivity contribution < 1.29 is 4.79 Å². The van der Waals surface area contributed by atoms with Crippen LogP contribution in [0.4, 0.5) is 5.82 Å². The van der Waals surface area contributed by atoms with E-state index in [2.05, 4.69) is 38.0 Å². The Hall–Kier alpha value is -1.89. The first kappa shape index (κ1) is 14.2. The van der Waals surface area contributed by atoms with Gasteiger partial charge in [0.2, 0.25) is 5.91 Å². The lowest BCUT2D eigenvalue weighted by Crippen LogP contribution is -2.24. The van der Waals surface area contributed by atoms with Crippen LogP contribution in [0.2, 0.25) is 0 Å². The first-order chi connectivity index (χ1) is 8.32. The standard InChI is InChI=1S/C14H19N3O/c1-10(14(2,3)4)7-13(18)17-12-6-5-11(8-15)9-16-12/h5-6,9-10H,7H2,1-4H3,(H,16,17,18). The third kappa shape index (κ3) is 4.17. The number of nitriles is 1. The molecule has 0 saturated carbocycles. The molecule has 4 nitrogen and oxygen atoms in total. The van der Waals surface area contributed by atoms with E-state index in [1.165, 1.54) is 6.20 Å². The fourth-order valence-electron chi connectivity index (χ4n) is 1.31. The second-order valence-corrected chi connectivity index (χ2v) is 5.56. The lowest BCUT2D eigenvalue weighted by Gasteiger charge is -2.26. The molecule has 18 heavy (non-hydrogen) atoms. The Kier molecular flexibility index (Phi) is 4.43. The molecule has 1 atom stereocenters. The number of carbonyl (C=O) groups excluding carboxylic acids is 1.